The van der Waals surface area contributed by atoms with Crippen LogP contribution in [0.25, 0.3) is 11.4 Å². The number of nitrogens with zero attached hydrogens (tertiary/aromatic N) is 3. The van der Waals surface area contributed by atoms with E-state index >= 15 is 0 Å². The molecule has 1 aliphatic heterocycles. The molecule has 2 aromatic rings. The Bertz CT molecular complexity index is 536. The average Bonchev–Trinajstić information content (AvgIpc) is 2.59. The van der Waals surface area contributed by atoms with E-state index in [0.717, 1.165) is 10.2 Å². The summed E-state index contributed by atoms with van der Waals surface area (Å²) in [6.07, 6.45) is 3.08. The third-order valence-corrected chi connectivity index (χ3v) is 3.23. The fraction of sp³-hybridized carbons (Fsp3) is 0.273. The first kappa shape index (κ1) is 10.9. The lowest BCUT2D eigenvalue weighted by Gasteiger charge is -2.25. The Morgan fingerprint density at radius 3 is 2.82 bits per heavy atom. The Morgan fingerprint density at radius 1 is 1.41 bits per heavy atom. The van der Waals surface area contributed by atoms with Crippen molar-refractivity contribution in [2.24, 2.45) is 0 Å². The molecule has 1 saturated heterocycles. The number of aromatic nitrogens is 3. The Labute approximate surface area is 106 Å². The molecule has 6 heteroatoms. The SMILES string of the molecule is Fc1ccc(-c2nn(C3COC3)cc2Br)nc1. The Balaban J connectivity index is 1.96. The van der Waals surface area contributed by atoms with Gasteiger partial charge < -0.3 is 4.74 Å². The zero-order chi connectivity index (χ0) is 11.8. The van der Waals surface area contributed by atoms with E-state index in [9.17, 15) is 4.39 Å². The van der Waals surface area contributed by atoms with Crippen molar-refractivity contribution in [1.82, 2.24) is 14.8 Å². The van der Waals surface area contributed by atoms with Gasteiger partial charge in [-0.1, -0.05) is 0 Å². The van der Waals surface area contributed by atoms with Crippen LogP contribution in [0.2, 0.25) is 0 Å². The molecule has 1 fully saturated rings. The van der Waals surface area contributed by atoms with Gasteiger partial charge in [0.15, 0.2) is 0 Å². The fourth-order valence-corrected chi connectivity index (χ4v) is 2.11. The quantitative estimate of drug-likeness (QED) is 0.855. The van der Waals surface area contributed by atoms with E-state index in [1.165, 1.54) is 12.3 Å². The summed E-state index contributed by atoms with van der Waals surface area (Å²) in [6, 6.07) is 3.28. The highest BCUT2D eigenvalue weighted by atomic mass is 79.9. The van der Waals surface area contributed by atoms with Crippen LogP contribution in [0.15, 0.2) is 29.0 Å². The van der Waals surface area contributed by atoms with E-state index < -0.39 is 0 Å². The fourth-order valence-electron chi connectivity index (χ4n) is 1.62. The zero-order valence-electron chi connectivity index (χ0n) is 8.81. The first-order valence-corrected chi connectivity index (χ1v) is 5.97. The van der Waals surface area contributed by atoms with Gasteiger partial charge in [-0.15, -0.1) is 0 Å². The van der Waals surface area contributed by atoms with Crippen molar-refractivity contribution in [3.8, 4) is 11.4 Å². The molecule has 0 N–H and O–H groups in total. The van der Waals surface area contributed by atoms with Crippen molar-refractivity contribution >= 4 is 15.9 Å². The van der Waals surface area contributed by atoms with Crippen molar-refractivity contribution in [3.63, 3.8) is 0 Å². The second-order valence-corrected chi connectivity index (χ2v) is 4.71. The second-order valence-electron chi connectivity index (χ2n) is 3.86. The number of halogens is 2. The van der Waals surface area contributed by atoms with Gasteiger partial charge in [0.2, 0.25) is 0 Å². The maximum atomic E-state index is 12.8. The summed E-state index contributed by atoms with van der Waals surface area (Å²) >= 11 is 3.44. The minimum atomic E-state index is -0.350. The molecule has 3 rings (SSSR count). The lowest BCUT2D eigenvalue weighted by atomic mass is 10.3. The summed E-state index contributed by atoms with van der Waals surface area (Å²) in [5, 5.41) is 4.44. The van der Waals surface area contributed by atoms with Crippen molar-refractivity contribution in [2.75, 3.05) is 13.2 Å². The molecule has 0 unspecified atom stereocenters. The molecule has 0 radical (unpaired) electrons. The summed E-state index contributed by atoms with van der Waals surface area (Å²) < 4.78 is 20.6. The molecule has 0 amide bonds. The third-order valence-electron chi connectivity index (χ3n) is 2.65. The van der Waals surface area contributed by atoms with Gasteiger partial charge in [-0.05, 0) is 28.1 Å². The van der Waals surface area contributed by atoms with Gasteiger partial charge >= 0.3 is 0 Å². The molecule has 88 valence electrons. The number of ether oxygens (including phenoxy) is 1. The summed E-state index contributed by atoms with van der Waals surface area (Å²) in [5.74, 6) is -0.350. The summed E-state index contributed by atoms with van der Waals surface area (Å²) in [7, 11) is 0. The van der Waals surface area contributed by atoms with Crippen LogP contribution in [0, 0.1) is 5.82 Å². The molecule has 0 atom stereocenters. The van der Waals surface area contributed by atoms with Crippen molar-refractivity contribution < 1.29 is 9.13 Å². The average molecular weight is 298 g/mol. The standard InChI is InChI=1S/C11H9BrFN3O/c12-9-4-16(8-5-17-6-8)15-11(9)10-2-1-7(13)3-14-10/h1-4,8H,5-6H2. The molecule has 3 heterocycles. The lowest BCUT2D eigenvalue weighted by molar-refractivity contribution is -0.0285. The van der Waals surface area contributed by atoms with Crippen molar-refractivity contribution in [2.45, 2.75) is 6.04 Å². The van der Waals surface area contributed by atoms with Crippen molar-refractivity contribution in [1.29, 1.82) is 0 Å². The molecular formula is C11H9BrFN3O. The zero-order valence-corrected chi connectivity index (χ0v) is 10.4. The number of hydrogen-bond acceptors (Lipinski definition) is 3. The predicted octanol–water partition coefficient (Wildman–Crippen LogP) is 2.42. The highest BCUT2D eigenvalue weighted by molar-refractivity contribution is 9.10. The van der Waals surface area contributed by atoms with E-state index in [-0.39, 0.29) is 5.82 Å². The minimum absolute atomic E-state index is 0.292. The van der Waals surface area contributed by atoms with E-state index in [0.29, 0.717) is 24.9 Å². The molecule has 0 aromatic carbocycles. The van der Waals surface area contributed by atoms with E-state index in [4.69, 9.17) is 4.74 Å². The van der Waals surface area contributed by atoms with E-state index in [2.05, 4.69) is 26.0 Å². The molecule has 2 aromatic heterocycles. The smallest absolute Gasteiger partial charge is 0.141 e. The van der Waals surface area contributed by atoms with Gasteiger partial charge in [-0.25, -0.2) is 4.39 Å². The predicted molar refractivity (Wildman–Crippen MR) is 63.0 cm³/mol. The maximum absolute atomic E-state index is 12.8. The van der Waals surface area contributed by atoms with E-state index in [1.54, 1.807) is 6.07 Å². The molecule has 0 aliphatic carbocycles. The molecule has 0 bridgehead atoms. The van der Waals surface area contributed by atoms with E-state index in [1.807, 2.05) is 10.9 Å². The third kappa shape index (κ3) is 1.98. The van der Waals surface area contributed by atoms with Gasteiger partial charge in [-0.2, -0.15) is 5.10 Å². The number of rotatable bonds is 2. The highest BCUT2D eigenvalue weighted by Crippen LogP contribution is 2.28. The normalized spacial score (nSPS) is 15.9. The van der Waals surface area contributed by atoms with Gasteiger partial charge in [0.05, 0.1) is 35.6 Å². The largest absolute Gasteiger partial charge is 0.377 e. The summed E-state index contributed by atoms with van der Waals surface area (Å²) in [4.78, 5) is 4.01. The molecule has 0 saturated carbocycles. The Kier molecular flexibility index (Phi) is 2.68. The molecule has 1 aliphatic rings. The van der Waals surface area contributed by atoms with Gasteiger partial charge in [-0.3, -0.25) is 9.67 Å². The van der Waals surface area contributed by atoms with Gasteiger partial charge in [0.1, 0.15) is 11.5 Å². The van der Waals surface area contributed by atoms with Gasteiger partial charge in [0, 0.05) is 6.20 Å². The molecule has 4 nitrogen and oxygen atoms in total. The topological polar surface area (TPSA) is 39.9 Å². The second kappa shape index (κ2) is 4.19. The van der Waals surface area contributed by atoms with Gasteiger partial charge in [0.25, 0.3) is 0 Å². The minimum Gasteiger partial charge on any atom is -0.377 e. The van der Waals surface area contributed by atoms with Crippen LogP contribution in [0.5, 0.6) is 0 Å². The van der Waals surface area contributed by atoms with Crippen LogP contribution in [0.4, 0.5) is 4.39 Å². The Hall–Kier alpha value is -1.27. The lowest BCUT2D eigenvalue weighted by Crippen LogP contribution is -2.30. The number of hydrogen-bond donors (Lipinski definition) is 0. The Morgan fingerprint density at radius 2 is 2.24 bits per heavy atom. The number of pyridine rings is 1. The molecule has 0 spiro atoms. The summed E-state index contributed by atoms with van der Waals surface area (Å²) in [6.45, 7) is 1.37. The van der Waals surface area contributed by atoms with Crippen LogP contribution in [0.3, 0.4) is 0 Å². The molecule has 17 heavy (non-hydrogen) atoms. The van der Waals surface area contributed by atoms with Crippen LogP contribution in [-0.2, 0) is 4.74 Å². The van der Waals surface area contributed by atoms with Crippen LogP contribution >= 0.6 is 15.9 Å². The first-order valence-electron chi connectivity index (χ1n) is 5.18. The summed E-state index contributed by atoms with van der Waals surface area (Å²) in [5.41, 5.74) is 1.37. The monoisotopic (exact) mass is 297 g/mol. The van der Waals surface area contributed by atoms with Crippen LogP contribution in [-0.4, -0.2) is 28.0 Å². The molecular weight excluding hydrogens is 289 g/mol. The maximum Gasteiger partial charge on any atom is 0.141 e. The van der Waals surface area contributed by atoms with Crippen molar-refractivity contribution in [3.05, 3.63) is 34.8 Å². The first-order chi connectivity index (χ1) is 8.24. The van der Waals surface area contributed by atoms with Crippen LogP contribution < -0.4 is 0 Å². The van der Waals surface area contributed by atoms with Crippen LogP contribution in [0.1, 0.15) is 6.04 Å². The highest BCUT2D eigenvalue weighted by Gasteiger charge is 2.23.